The molecular formula is C16H18N2. The molecule has 2 nitrogen and oxygen atoms in total. The Morgan fingerprint density at radius 1 is 1.00 bits per heavy atom. The van der Waals surface area contributed by atoms with Crippen LogP contribution in [0.1, 0.15) is 17.0 Å². The molecule has 0 radical (unpaired) electrons. The first-order valence-electron chi connectivity index (χ1n) is 6.51. The van der Waals surface area contributed by atoms with E-state index in [1.54, 1.807) is 0 Å². The molecule has 1 aliphatic heterocycles. The zero-order chi connectivity index (χ0) is 12.2. The van der Waals surface area contributed by atoms with E-state index in [9.17, 15) is 0 Å². The fourth-order valence-electron chi connectivity index (χ4n) is 2.53. The topological polar surface area (TPSA) is 24.1 Å². The van der Waals surface area contributed by atoms with E-state index in [0.717, 1.165) is 19.6 Å². The minimum absolute atomic E-state index is 0.588. The molecule has 2 aromatic rings. The molecule has 1 atom stereocenters. The minimum atomic E-state index is 0.588. The lowest BCUT2D eigenvalue weighted by Crippen LogP contribution is -2.22. The maximum atomic E-state index is 3.54. The Bertz CT molecular complexity index is 508. The van der Waals surface area contributed by atoms with Gasteiger partial charge in [-0.15, -0.1) is 0 Å². The van der Waals surface area contributed by atoms with E-state index in [2.05, 4.69) is 65.2 Å². The van der Waals surface area contributed by atoms with E-state index in [4.69, 9.17) is 0 Å². The lowest BCUT2D eigenvalue weighted by atomic mass is 10.0. The summed E-state index contributed by atoms with van der Waals surface area (Å²) in [5.41, 5.74) is 4.08. The van der Waals surface area contributed by atoms with Gasteiger partial charge in [-0.25, -0.2) is 0 Å². The summed E-state index contributed by atoms with van der Waals surface area (Å²) in [5, 5.41) is 7.00. The summed E-state index contributed by atoms with van der Waals surface area (Å²) in [6.45, 7) is 3.01. The molecule has 2 heteroatoms. The normalized spacial score (nSPS) is 17.2. The second-order valence-electron chi connectivity index (χ2n) is 4.78. The molecule has 0 bridgehead atoms. The lowest BCUT2D eigenvalue weighted by Gasteiger charge is -2.11. The highest BCUT2D eigenvalue weighted by Gasteiger charge is 2.20. The van der Waals surface area contributed by atoms with Crippen molar-refractivity contribution in [2.45, 2.75) is 12.5 Å². The molecule has 1 heterocycles. The molecule has 0 aromatic heterocycles. The largest absolute Gasteiger partial charge is 0.384 e. The van der Waals surface area contributed by atoms with Gasteiger partial charge in [-0.1, -0.05) is 48.5 Å². The van der Waals surface area contributed by atoms with Crippen molar-refractivity contribution in [1.82, 2.24) is 5.32 Å². The number of anilines is 1. The summed E-state index contributed by atoms with van der Waals surface area (Å²) in [7, 11) is 0. The first-order valence-corrected chi connectivity index (χ1v) is 6.51. The first-order chi connectivity index (χ1) is 8.93. The molecule has 1 unspecified atom stereocenters. The molecule has 18 heavy (non-hydrogen) atoms. The van der Waals surface area contributed by atoms with Crippen LogP contribution in [0.2, 0.25) is 0 Å². The van der Waals surface area contributed by atoms with Gasteiger partial charge in [0.15, 0.2) is 0 Å². The molecule has 0 saturated heterocycles. The van der Waals surface area contributed by atoms with E-state index in [1.807, 2.05) is 0 Å². The monoisotopic (exact) mass is 238 g/mol. The smallest absolute Gasteiger partial charge is 0.0376 e. The van der Waals surface area contributed by atoms with Gasteiger partial charge in [0.1, 0.15) is 0 Å². The standard InChI is InChI=1S/C16H18N2/c1-2-6-13(7-3-1)10-17-11-14-12-18-16-9-5-4-8-15(14)16/h1-9,14,17-18H,10-12H2. The molecule has 3 rings (SSSR count). The Balaban J connectivity index is 1.56. The van der Waals surface area contributed by atoms with Gasteiger partial charge >= 0.3 is 0 Å². The van der Waals surface area contributed by atoms with Crippen molar-refractivity contribution in [2.24, 2.45) is 0 Å². The maximum Gasteiger partial charge on any atom is 0.0376 e. The van der Waals surface area contributed by atoms with Gasteiger partial charge in [-0.05, 0) is 17.2 Å². The van der Waals surface area contributed by atoms with Crippen molar-refractivity contribution >= 4 is 5.69 Å². The van der Waals surface area contributed by atoms with Crippen LogP contribution in [0, 0.1) is 0 Å². The van der Waals surface area contributed by atoms with Gasteiger partial charge in [0.05, 0.1) is 0 Å². The Hall–Kier alpha value is -1.80. The number of benzene rings is 2. The molecule has 0 aliphatic carbocycles. The zero-order valence-electron chi connectivity index (χ0n) is 10.4. The Morgan fingerprint density at radius 2 is 1.78 bits per heavy atom. The summed E-state index contributed by atoms with van der Waals surface area (Å²) in [4.78, 5) is 0. The van der Waals surface area contributed by atoms with Crippen LogP contribution in [0.25, 0.3) is 0 Å². The van der Waals surface area contributed by atoms with Gasteiger partial charge in [0.25, 0.3) is 0 Å². The third-order valence-electron chi connectivity index (χ3n) is 3.50. The molecule has 0 fully saturated rings. The van der Waals surface area contributed by atoms with E-state index in [1.165, 1.54) is 16.8 Å². The van der Waals surface area contributed by atoms with E-state index < -0.39 is 0 Å². The lowest BCUT2D eigenvalue weighted by molar-refractivity contribution is 0.613. The molecule has 2 N–H and O–H groups in total. The van der Waals surface area contributed by atoms with Crippen LogP contribution in [0.3, 0.4) is 0 Å². The number of nitrogens with one attached hydrogen (secondary N) is 2. The molecule has 0 saturated carbocycles. The summed E-state index contributed by atoms with van der Waals surface area (Å²) in [6.07, 6.45) is 0. The highest BCUT2D eigenvalue weighted by Crippen LogP contribution is 2.30. The average Bonchev–Trinajstić information content (AvgIpc) is 2.84. The highest BCUT2D eigenvalue weighted by atomic mass is 14.9. The van der Waals surface area contributed by atoms with Crippen LogP contribution < -0.4 is 10.6 Å². The van der Waals surface area contributed by atoms with Gasteiger partial charge in [-0.3, -0.25) is 0 Å². The van der Waals surface area contributed by atoms with Gasteiger partial charge in [0, 0.05) is 31.2 Å². The molecule has 92 valence electrons. The third kappa shape index (κ3) is 2.39. The molecule has 0 amide bonds. The Kier molecular flexibility index (Phi) is 3.29. The fraction of sp³-hybridized carbons (Fsp3) is 0.250. The first kappa shape index (κ1) is 11.3. The summed E-state index contributed by atoms with van der Waals surface area (Å²) in [6, 6.07) is 19.1. The Morgan fingerprint density at radius 3 is 2.67 bits per heavy atom. The third-order valence-corrected chi connectivity index (χ3v) is 3.50. The van der Waals surface area contributed by atoms with Crippen molar-refractivity contribution in [3.8, 4) is 0 Å². The maximum absolute atomic E-state index is 3.54. The second-order valence-corrected chi connectivity index (χ2v) is 4.78. The number of fused-ring (bicyclic) bond motifs is 1. The Labute approximate surface area is 108 Å². The second kappa shape index (κ2) is 5.23. The van der Waals surface area contributed by atoms with Crippen molar-refractivity contribution in [2.75, 3.05) is 18.4 Å². The van der Waals surface area contributed by atoms with Crippen LogP contribution in [-0.4, -0.2) is 13.1 Å². The minimum Gasteiger partial charge on any atom is -0.384 e. The van der Waals surface area contributed by atoms with E-state index >= 15 is 0 Å². The van der Waals surface area contributed by atoms with Gasteiger partial charge in [0.2, 0.25) is 0 Å². The number of para-hydroxylation sites is 1. The molecule has 2 aromatic carbocycles. The summed E-state index contributed by atoms with van der Waals surface area (Å²) < 4.78 is 0. The number of hydrogen-bond donors (Lipinski definition) is 2. The van der Waals surface area contributed by atoms with Gasteiger partial charge in [-0.2, -0.15) is 0 Å². The zero-order valence-corrected chi connectivity index (χ0v) is 10.4. The van der Waals surface area contributed by atoms with Crippen LogP contribution in [-0.2, 0) is 6.54 Å². The van der Waals surface area contributed by atoms with Crippen molar-refractivity contribution in [3.63, 3.8) is 0 Å². The average molecular weight is 238 g/mol. The van der Waals surface area contributed by atoms with Gasteiger partial charge < -0.3 is 10.6 Å². The van der Waals surface area contributed by atoms with Crippen LogP contribution >= 0.6 is 0 Å². The van der Waals surface area contributed by atoms with Crippen molar-refractivity contribution in [3.05, 3.63) is 65.7 Å². The van der Waals surface area contributed by atoms with Crippen LogP contribution in [0.5, 0.6) is 0 Å². The number of rotatable bonds is 4. The number of hydrogen-bond acceptors (Lipinski definition) is 2. The fourth-order valence-corrected chi connectivity index (χ4v) is 2.53. The van der Waals surface area contributed by atoms with Crippen LogP contribution in [0.4, 0.5) is 5.69 Å². The van der Waals surface area contributed by atoms with Crippen molar-refractivity contribution < 1.29 is 0 Å². The summed E-state index contributed by atoms with van der Waals surface area (Å²) >= 11 is 0. The SMILES string of the molecule is c1ccc(CNCC2CNc3ccccc32)cc1. The predicted octanol–water partition coefficient (Wildman–Crippen LogP) is 2.99. The van der Waals surface area contributed by atoms with Crippen molar-refractivity contribution in [1.29, 1.82) is 0 Å². The quantitative estimate of drug-likeness (QED) is 0.855. The predicted molar refractivity (Wildman–Crippen MR) is 75.8 cm³/mol. The van der Waals surface area contributed by atoms with Crippen LogP contribution in [0.15, 0.2) is 54.6 Å². The highest BCUT2D eigenvalue weighted by molar-refractivity contribution is 5.57. The molecule has 0 spiro atoms. The molecule has 1 aliphatic rings. The van der Waals surface area contributed by atoms with E-state index in [-0.39, 0.29) is 0 Å². The summed E-state index contributed by atoms with van der Waals surface area (Å²) in [5.74, 6) is 0.588. The molecular weight excluding hydrogens is 220 g/mol. The van der Waals surface area contributed by atoms with E-state index in [0.29, 0.717) is 5.92 Å².